The first kappa shape index (κ1) is 21.4. The number of rotatable bonds is 8. The molecular weight excluding hydrogens is 408 g/mol. The molecule has 1 N–H and O–H groups in total. The normalized spacial score (nSPS) is 14.4. The first-order chi connectivity index (χ1) is 15.2. The number of anilines is 1. The SMILES string of the molecule is COc1ccccc1NC(=O)CSc1nnc(Cc2ccccc2)n1C1CCCCC1. The van der Waals surface area contributed by atoms with Crippen molar-refractivity contribution in [2.45, 2.75) is 49.7 Å². The number of hydrogen-bond donors (Lipinski definition) is 1. The van der Waals surface area contributed by atoms with Gasteiger partial charge in [0.05, 0.1) is 18.6 Å². The highest BCUT2D eigenvalue weighted by atomic mass is 32.2. The summed E-state index contributed by atoms with van der Waals surface area (Å²) in [5.74, 6) is 1.81. The van der Waals surface area contributed by atoms with Gasteiger partial charge in [0.2, 0.25) is 5.91 Å². The van der Waals surface area contributed by atoms with Crippen LogP contribution in [0.1, 0.15) is 49.5 Å². The van der Waals surface area contributed by atoms with E-state index >= 15 is 0 Å². The van der Waals surface area contributed by atoms with Crippen molar-refractivity contribution in [2.75, 3.05) is 18.2 Å². The van der Waals surface area contributed by atoms with Gasteiger partial charge in [-0.1, -0.05) is 73.5 Å². The first-order valence-electron chi connectivity index (χ1n) is 10.8. The molecule has 162 valence electrons. The quantitative estimate of drug-likeness (QED) is 0.497. The van der Waals surface area contributed by atoms with Crippen molar-refractivity contribution in [2.24, 2.45) is 0 Å². The molecule has 0 saturated heterocycles. The Bertz CT molecular complexity index is 1000. The van der Waals surface area contributed by atoms with Crippen LogP contribution in [0.2, 0.25) is 0 Å². The molecule has 0 aliphatic heterocycles. The highest BCUT2D eigenvalue weighted by Gasteiger charge is 2.23. The summed E-state index contributed by atoms with van der Waals surface area (Å²) in [6.07, 6.45) is 6.77. The minimum atomic E-state index is -0.0858. The maximum atomic E-state index is 12.6. The smallest absolute Gasteiger partial charge is 0.234 e. The number of para-hydroxylation sites is 2. The molecule has 6 nitrogen and oxygen atoms in total. The Balaban J connectivity index is 1.48. The molecule has 4 rings (SSSR count). The van der Waals surface area contributed by atoms with Crippen LogP contribution >= 0.6 is 11.8 Å². The number of carbonyl (C=O) groups excluding carboxylic acids is 1. The van der Waals surface area contributed by atoms with Crippen LogP contribution in [-0.2, 0) is 11.2 Å². The molecule has 0 radical (unpaired) electrons. The molecule has 1 heterocycles. The fourth-order valence-corrected chi connectivity index (χ4v) is 4.90. The number of nitrogens with one attached hydrogen (secondary N) is 1. The van der Waals surface area contributed by atoms with Gasteiger partial charge in [0.15, 0.2) is 5.16 Å². The summed E-state index contributed by atoms with van der Waals surface area (Å²) in [5.41, 5.74) is 1.89. The lowest BCUT2D eigenvalue weighted by molar-refractivity contribution is -0.113. The molecule has 2 aromatic carbocycles. The van der Waals surface area contributed by atoms with Crippen molar-refractivity contribution in [1.29, 1.82) is 0 Å². The topological polar surface area (TPSA) is 69.0 Å². The maximum absolute atomic E-state index is 12.6. The van der Waals surface area contributed by atoms with Crippen LogP contribution in [0.3, 0.4) is 0 Å². The molecule has 1 fully saturated rings. The van der Waals surface area contributed by atoms with E-state index in [-0.39, 0.29) is 11.7 Å². The van der Waals surface area contributed by atoms with Crippen molar-refractivity contribution >= 4 is 23.4 Å². The predicted octanol–water partition coefficient (Wildman–Crippen LogP) is 5.11. The number of hydrogen-bond acceptors (Lipinski definition) is 5. The second-order valence-corrected chi connectivity index (χ2v) is 8.70. The number of amides is 1. The number of benzene rings is 2. The van der Waals surface area contributed by atoms with E-state index in [1.807, 2.05) is 30.3 Å². The minimum Gasteiger partial charge on any atom is -0.495 e. The number of nitrogens with zero attached hydrogens (tertiary/aromatic N) is 3. The van der Waals surface area contributed by atoms with E-state index in [1.54, 1.807) is 7.11 Å². The van der Waals surface area contributed by atoms with Crippen molar-refractivity contribution in [3.05, 3.63) is 66.0 Å². The maximum Gasteiger partial charge on any atom is 0.234 e. The van der Waals surface area contributed by atoms with Gasteiger partial charge in [0, 0.05) is 12.5 Å². The number of ether oxygens (including phenoxy) is 1. The Kier molecular flexibility index (Phi) is 7.25. The molecule has 0 bridgehead atoms. The number of carbonyl (C=O) groups is 1. The fourth-order valence-electron chi connectivity index (χ4n) is 4.08. The molecule has 7 heteroatoms. The molecule has 1 aliphatic carbocycles. The Morgan fingerprint density at radius 2 is 1.81 bits per heavy atom. The molecule has 1 aromatic heterocycles. The Morgan fingerprint density at radius 3 is 2.58 bits per heavy atom. The zero-order chi connectivity index (χ0) is 21.5. The van der Waals surface area contributed by atoms with Gasteiger partial charge in [-0.15, -0.1) is 10.2 Å². The van der Waals surface area contributed by atoms with Gasteiger partial charge in [-0.05, 0) is 30.5 Å². The van der Waals surface area contributed by atoms with Gasteiger partial charge in [-0.3, -0.25) is 4.79 Å². The van der Waals surface area contributed by atoms with Crippen molar-refractivity contribution in [3.8, 4) is 5.75 Å². The summed E-state index contributed by atoms with van der Waals surface area (Å²) in [5, 5.41) is 12.7. The molecule has 0 atom stereocenters. The monoisotopic (exact) mass is 436 g/mol. The molecule has 0 spiro atoms. The van der Waals surface area contributed by atoms with Crippen molar-refractivity contribution in [3.63, 3.8) is 0 Å². The van der Waals surface area contributed by atoms with Crippen molar-refractivity contribution < 1.29 is 9.53 Å². The number of thioether (sulfide) groups is 1. The lowest BCUT2D eigenvalue weighted by Crippen LogP contribution is -2.18. The fraction of sp³-hybridized carbons (Fsp3) is 0.375. The van der Waals surface area contributed by atoms with Gasteiger partial charge in [0.1, 0.15) is 11.6 Å². The zero-order valence-electron chi connectivity index (χ0n) is 17.8. The summed E-state index contributed by atoms with van der Waals surface area (Å²) in [6.45, 7) is 0. The van der Waals surface area contributed by atoms with E-state index in [2.05, 4.69) is 44.3 Å². The van der Waals surface area contributed by atoms with E-state index in [0.717, 1.165) is 30.2 Å². The first-order valence-corrected chi connectivity index (χ1v) is 11.8. The second-order valence-electron chi connectivity index (χ2n) is 7.76. The van der Waals surface area contributed by atoms with Gasteiger partial charge in [0.25, 0.3) is 0 Å². The van der Waals surface area contributed by atoms with Gasteiger partial charge < -0.3 is 14.6 Å². The molecule has 1 amide bonds. The van der Waals surface area contributed by atoms with E-state index in [0.29, 0.717) is 17.5 Å². The Labute approximate surface area is 187 Å². The van der Waals surface area contributed by atoms with Gasteiger partial charge in [-0.2, -0.15) is 0 Å². The lowest BCUT2D eigenvalue weighted by atomic mass is 9.95. The standard InChI is InChI=1S/C24H28N4O2S/c1-30-21-15-9-8-14-20(21)25-23(29)17-31-24-27-26-22(16-18-10-4-2-5-11-18)28(24)19-12-6-3-7-13-19/h2,4-5,8-11,14-15,19H,3,6-7,12-13,16-17H2,1H3,(H,25,29). The Morgan fingerprint density at radius 1 is 1.06 bits per heavy atom. The predicted molar refractivity (Wildman–Crippen MR) is 124 cm³/mol. The van der Waals surface area contributed by atoms with Crippen molar-refractivity contribution in [1.82, 2.24) is 14.8 Å². The minimum absolute atomic E-state index is 0.0858. The van der Waals surface area contributed by atoms with Crippen LogP contribution in [0.15, 0.2) is 59.8 Å². The summed E-state index contributed by atoms with van der Waals surface area (Å²) >= 11 is 1.45. The molecule has 1 aliphatic rings. The summed E-state index contributed by atoms with van der Waals surface area (Å²) in [6, 6.07) is 18.2. The molecule has 1 saturated carbocycles. The van der Waals surface area contributed by atoms with Gasteiger partial charge >= 0.3 is 0 Å². The van der Waals surface area contributed by atoms with E-state index in [4.69, 9.17) is 4.74 Å². The van der Waals surface area contributed by atoms with Crippen LogP contribution in [-0.4, -0.2) is 33.5 Å². The summed E-state index contributed by atoms with van der Waals surface area (Å²) in [7, 11) is 1.60. The van der Waals surface area contributed by atoms with Crippen LogP contribution in [0.4, 0.5) is 5.69 Å². The van der Waals surface area contributed by atoms with E-state index in [1.165, 1.54) is 36.6 Å². The average molecular weight is 437 g/mol. The molecular formula is C24H28N4O2S. The Hall–Kier alpha value is -2.80. The molecule has 0 unspecified atom stereocenters. The largest absolute Gasteiger partial charge is 0.495 e. The number of aromatic nitrogens is 3. The molecule has 31 heavy (non-hydrogen) atoms. The average Bonchev–Trinajstić information content (AvgIpc) is 3.21. The zero-order valence-corrected chi connectivity index (χ0v) is 18.6. The van der Waals surface area contributed by atoms with E-state index in [9.17, 15) is 4.79 Å². The lowest BCUT2D eigenvalue weighted by Gasteiger charge is -2.25. The third-order valence-electron chi connectivity index (χ3n) is 5.59. The van der Waals surface area contributed by atoms with Crippen LogP contribution in [0.25, 0.3) is 0 Å². The number of methoxy groups -OCH3 is 1. The van der Waals surface area contributed by atoms with Gasteiger partial charge in [-0.25, -0.2) is 0 Å². The van der Waals surface area contributed by atoms with Crippen LogP contribution in [0, 0.1) is 0 Å². The summed E-state index contributed by atoms with van der Waals surface area (Å²) < 4.78 is 7.60. The third-order valence-corrected chi connectivity index (χ3v) is 6.54. The summed E-state index contributed by atoms with van der Waals surface area (Å²) in [4.78, 5) is 12.6. The van der Waals surface area contributed by atoms with Crippen LogP contribution in [0.5, 0.6) is 5.75 Å². The van der Waals surface area contributed by atoms with Crippen LogP contribution < -0.4 is 10.1 Å². The third kappa shape index (κ3) is 5.47. The van der Waals surface area contributed by atoms with E-state index < -0.39 is 0 Å². The highest BCUT2D eigenvalue weighted by molar-refractivity contribution is 7.99. The molecule has 3 aromatic rings. The highest BCUT2D eigenvalue weighted by Crippen LogP contribution is 2.33. The second kappa shape index (κ2) is 10.5.